The molecule has 2 bridgehead atoms. The first-order valence-electron chi connectivity index (χ1n) is 11.1. The molecule has 4 heterocycles. The molecule has 3 aliphatic rings. The molecule has 1 aromatic heterocycles. The predicted octanol–water partition coefficient (Wildman–Crippen LogP) is 5.34. The third kappa shape index (κ3) is 3.77. The Morgan fingerprint density at radius 3 is 2.74 bits per heavy atom. The summed E-state index contributed by atoms with van der Waals surface area (Å²) in [6.45, 7) is 8.09. The molecule has 0 aliphatic carbocycles. The van der Waals surface area contributed by atoms with E-state index in [0.29, 0.717) is 17.4 Å². The normalized spacial score (nSPS) is 25.8. The number of piperidine rings is 3. The lowest BCUT2D eigenvalue weighted by atomic mass is 9.73. The number of rotatable bonds is 5. The lowest BCUT2D eigenvalue weighted by Crippen LogP contribution is -2.55. The van der Waals surface area contributed by atoms with Gasteiger partial charge in [0.2, 0.25) is 0 Å². The van der Waals surface area contributed by atoms with Gasteiger partial charge in [-0.3, -0.25) is 9.88 Å². The molecule has 0 amide bonds. The van der Waals surface area contributed by atoms with E-state index in [4.69, 9.17) is 4.74 Å². The maximum absolute atomic E-state index is 13.2. The summed E-state index contributed by atoms with van der Waals surface area (Å²) in [5.41, 5.74) is 3.68. The van der Waals surface area contributed by atoms with E-state index in [2.05, 4.69) is 28.6 Å². The molecule has 0 saturated carbocycles. The fraction of sp³-hybridized carbons (Fsp3) is 0.333. The van der Waals surface area contributed by atoms with Gasteiger partial charge >= 0.3 is 5.97 Å². The van der Waals surface area contributed by atoms with Crippen LogP contribution in [0.4, 0.5) is 0 Å². The number of pyridine rings is 1. The number of ether oxygens (including phenoxy) is 1. The van der Waals surface area contributed by atoms with Crippen molar-refractivity contribution in [3.8, 4) is 0 Å². The third-order valence-electron chi connectivity index (χ3n) is 7.01. The molecule has 3 saturated heterocycles. The zero-order chi connectivity index (χ0) is 21.4. The maximum atomic E-state index is 13.2. The van der Waals surface area contributed by atoms with Gasteiger partial charge in [-0.15, -0.1) is 6.58 Å². The van der Waals surface area contributed by atoms with Gasteiger partial charge in [0, 0.05) is 23.7 Å². The monoisotopic (exact) mass is 412 g/mol. The minimum atomic E-state index is -0.338. The van der Waals surface area contributed by atoms with Gasteiger partial charge in [-0.1, -0.05) is 42.0 Å². The maximum Gasteiger partial charge on any atom is 0.338 e. The zero-order valence-electron chi connectivity index (χ0n) is 17.9. The summed E-state index contributed by atoms with van der Waals surface area (Å²) < 4.78 is 6.30. The molecule has 0 spiro atoms. The molecule has 2 aromatic carbocycles. The van der Waals surface area contributed by atoms with Gasteiger partial charge in [0.15, 0.2) is 0 Å². The van der Waals surface area contributed by atoms with Gasteiger partial charge in [0.05, 0.1) is 17.1 Å². The smallest absolute Gasteiger partial charge is 0.338 e. The number of aromatic nitrogens is 1. The molecular formula is C27H28N2O2. The standard InChI is InChI=1S/C27H28N2O2/c1-3-19-17-29-15-13-21(19)16-25(29)26(31-27(30)20-10-8-18(2)9-11-20)23-12-14-28-24-7-5-4-6-22(23)24/h3-12,14,19,21,25-26H,1,13,15-17H2,2H3/t19-,21+,25-,26+/m0/s1. The molecule has 4 heteroatoms. The highest BCUT2D eigenvalue weighted by atomic mass is 16.5. The summed E-state index contributed by atoms with van der Waals surface area (Å²) in [6.07, 6.45) is 5.78. The van der Waals surface area contributed by atoms with Crippen LogP contribution < -0.4 is 0 Å². The van der Waals surface area contributed by atoms with Gasteiger partial charge in [-0.05, 0) is 62.4 Å². The zero-order valence-corrected chi connectivity index (χ0v) is 17.9. The second-order valence-electron chi connectivity index (χ2n) is 8.86. The number of carbonyl (C=O) groups excluding carboxylic acids is 1. The van der Waals surface area contributed by atoms with E-state index in [-0.39, 0.29) is 18.1 Å². The van der Waals surface area contributed by atoms with E-state index in [1.165, 1.54) is 6.42 Å². The largest absolute Gasteiger partial charge is 0.452 e. The number of nitrogens with zero attached hydrogens (tertiary/aromatic N) is 2. The SMILES string of the molecule is C=C[C@H]1CN2CC[C@@H]1C[C@H]2[C@H](OC(=O)c1ccc(C)cc1)c1ccnc2ccccc12. The van der Waals surface area contributed by atoms with Gasteiger partial charge in [-0.25, -0.2) is 4.79 Å². The molecule has 158 valence electrons. The number of para-hydroxylation sites is 1. The van der Waals surface area contributed by atoms with E-state index in [0.717, 1.165) is 41.5 Å². The molecule has 6 rings (SSSR count). The number of carbonyl (C=O) groups is 1. The minimum absolute atomic E-state index is 0.162. The predicted molar refractivity (Wildman–Crippen MR) is 123 cm³/mol. The summed E-state index contributed by atoms with van der Waals surface area (Å²) in [6, 6.07) is 17.9. The van der Waals surface area contributed by atoms with Gasteiger partial charge in [0.1, 0.15) is 6.10 Å². The molecule has 5 atom stereocenters. The molecule has 31 heavy (non-hydrogen) atoms. The van der Waals surface area contributed by atoms with Crippen LogP contribution in [0.5, 0.6) is 0 Å². The van der Waals surface area contributed by atoms with Crippen molar-refractivity contribution in [3.05, 3.63) is 90.1 Å². The van der Waals surface area contributed by atoms with Crippen molar-refractivity contribution >= 4 is 16.9 Å². The van der Waals surface area contributed by atoms with E-state index in [9.17, 15) is 4.79 Å². The van der Waals surface area contributed by atoms with Crippen molar-refractivity contribution in [3.63, 3.8) is 0 Å². The highest BCUT2D eigenvalue weighted by molar-refractivity contribution is 5.90. The van der Waals surface area contributed by atoms with Gasteiger partial charge < -0.3 is 4.74 Å². The van der Waals surface area contributed by atoms with Crippen LogP contribution in [-0.4, -0.2) is 35.0 Å². The van der Waals surface area contributed by atoms with Crippen LogP contribution in [0, 0.1) is 18.8 Å². The van der Waals surface area contributed by atoms with Crippen molar-refractivity contribution in [1.82, 2.24) is 9.88 Å². The highest BCUT2D eigenvalue weighted by Crippen LogP contribution is 2.43. The minimum Gasteiger partial charge on any atom is -0.452 e. The number of fused-ring (bicyclic) bond motifs is 4. The molecule has 3 aliphatic heterocycles. The first kappa shape index (κ1) is 20.0. The molecule has 3 aromatic rings. The summed E-state index contributed by atoms with van der Waals surface area (Å²) in [5, 5.41) is 1.05. The average Bonchev–Trinajstić information content (AvgIpc) is 2.82. The first-order valence-corrected chi connectivity index (χ1v) is 11.1. The van der Waals surface area contributed by atoms with Crippen molar-refractivity contribution < 1.29 is 9.53 Å². The fourth-order valence-electron chi connectivity index (χ4n) is 5.28. The topological polar surface area (TPSA) is 42.4 Å². The van der Waals surface area contributed by atoms with Crippen LogP contribution in [0.3, 0.4) is 0 Å². The Morgan fingerprint density at radius 1 is 1.19 bits per heavy atom. The second kappa shape index (κ2) is 8.27. The Morgan fingerprint density at radius 2 is 2.00 bits per heavy atom. The lowest BCUT2D eigenvalue weighted by molar-refractivity contribution is -0.0568. The fourth-order valence-corrected chi connectivity index (χ4v) is 5.28. The molecule has 4 nitrogen and oxygen atoms in total. The van der Waals surface area contributed by atoms with Crippen LogP contribution in [0.1, 0.15) is 40.4 Å². The summed E-state index contributed by atoms with van der Waals surface area (Å²) >= 11 is 0. The molecular weight excluding hydrogens is 384 g/mol. The van der Waals surface area contributed by atoms with Gasteiger partial charge in [0.25, 0.3) is 0 Å². The number of aryl methyl sites for hydroxylation is 1. The first-order chi connectivity index (χ1) is 15.1. The lowest BCUT2D eigenvalue weighted by Gasteiger charge is -2.51. The highest BCUT2D eigenvalue weighted by Gasteiger charge is 2.44. The van der Waals surface area contributed by atoms with Crippen LogP contribution in [-0.2, 0) is 4.74 Å². The van der Waals surface area contributed by atoms with E-state index < -0.39 is 0 Å². The third-order valence-corrected chi connectivity index (χ3v) is 7.01. The van der Waals surface area contributed by atoms with E-state index in [1.54, 1.807) is 0 Å². The van der Waals surface area contributed by atoms with Gasteiger partial charge in [-0.2, -0.15) is 0 Å². The summed E-state index contributed by atoms with van der Waals surface area (Å²) in [5.74, 6) is 0.850. The van der Waals surface area contributed by atoms with Crippen molar-refractivity contribution in [2.75, 3.05) is 13.1 Å². The van der Waals surface area contributed by atoms with Crippen molar-refractivity contribution in [1.29, 1.82) is 0 Å². The Balaban J connectivity index is 1.53. The van der Waals surface area contributed by atoms with E-state index in [1.807, 2.05) is 61.7 Å². The number of esters is 1. The van der Waals surface area contributed by atoms with Crippen LogP contribution in [0.25, 0.3) is 10.9 Å². The molecule has 0 radical (unpaired) electrons. The molecule has 0 N–H and O–H groups in total. The summed E-state index contributed by atoms with van der Waals surface area (Å²) in [7, 11) is 0. The molecule has 3 fully saturated rings. The van der Waals surface area contributed by atoms with Crippen molar-refractivity contribution in [2.45, 2.75) is 31.9 Å². The van der Waals surface area contributed by atoms with Crippen LogP contribution >= 0.6 is 0 Å². The number of hydrogen-bond donors (Lipinski definition) is 0. The summed E-state index contributed by atoms with van der Waals surface area (Å²) in [4.78, 5) is 20.2. The Hall–Kier alpha value is -2.98. The van der Waals surface area contributed by atoms with Crippen LogP contribution in [0.2, 0.25) is 0 Å². The Kier molecular flexibility index (Phi) is 5.33. The van der Waals surface area contributed by atoms with E-state index >= 15 is 0 Å². The van der Waals surface area contributed by atoms with Crippen LogP contribution in [0.15, 0.2) is 73.4 Å². The molecule has 1 unspecified atom stereocenters. The number of benzene rings is 2. The number of hydrogen-bond acceptors (Lipinski definition) is 4. The Bertz CT molecular complexity index is 1100. The quantitative estimate of drug-likeness (QED) is 0.419. The van der Waals surface area contributed by atoms with Crippen molar-refractivity contribution in [2.24, 2.45) is 11.8 Å². The Labute approximate surface area is 183 Å². The second-order valence-corrected chi connectivity index (χ2v) is 8.86. The average molecular weight is 413 g/mol.